The zero-order chi connectivity index (χ0) is 13.1. The summed E-state index contributed by atoms with van der Waals surface area (Å²) in [5, 5.41) is 0. The first-order chi connectivity index (χ1) is 8.61. The average molecular weight is 327 g/mol. The zero-order valence-electron chi connectivity index (χ0n) is 10.2. The van der Waals surface area contributed by atoms with Crippen LogP contribution in [0, 0.1) is 5.92 Å². The Morgan fingerprint density at radius 1 is 1.39 bits per heavy atom. The van der Waals surface area contributed by atoms with E-state index in [0.717, 1.165) is 28.6 Å². The van der Waals surface area contributed by atoms with E-state index in [2.05, 4.69) is 15.9 Å². The van der Waals surface area contributed by atoms with E-state index in [4.69, 9.17) is 0 Å². The fourth-order valence-electron chi connectivity index (χ4n) is 1.91. The molecule has 1 aromatic carbocycles. The van der Waals surface area contributed by atoms with Gasteiger partial charge < -0.3 is 0 Å². The second kappa shape index (κ2) is 6.02. The molecule has 0 heterocycles. The molecule has 0 N–H and O–H groups in total. The lowest BCUT2D eigenvalue weighted by Crippen LogP contribution is -2.11. The highest BCUT2D eigenvalue weighted by Gasteiger charge is 2.31. The van der Waals surface area contributed by atoms with E-state index >= 15 is 0 Å². The van der Waals surface area contributed by atoms with Gasteiger partial charge in [0.1, 0.15) is 5.78 Å². The summed E-state index contributed by atoms with van der Waals surface area (Å²) in [4.78, 5) is 23.8. The quantitative estimate of drug-likeness (QED) is 0.588. The Bertz CT molecular complexity index is 481. The highest BCUT2D eigenvalue weighted by atomic mass is 79.9. The van der Waals surface area contributed by atoms with Crippen LogP contribution in [0.1, 0.15) is 35.2 Å². The van der Waals surface area contributed by atoms with Gasteiger partial charge in [0, 0.05) is 21.7 Å². The largest absolute Gasteiger partial charge is 0.299 e. The summed E-state index contributed by atoms with van der Waals surface area (Å²) in [7, 11) is 0. The van der Waals surface area contributed by atoms with E-state index < -0.39 is 0 Å². The molecular formula is C14H15BrO2S. The Morgan fingerprint density at radius 2 is 2.11 bits per heavy atom. The third kappa shape index (κ3) is 3.45. The second-order valence-electron chi connectivity index (χ2n) is 4.58. The molecule has 96 valence electrons. The molecule has 0 aliphatic heterocycles. The molecule has 1 aromatic rings. The zero-order valence-corrected chi connectivity index (χ0v) is 12.6. The molecular weight excluding hydrogens is 312 g/mol. The first-order valence-electron chi connectivity index (χ1n) is 5.95. The van der Waals surface area contributed by atoms with Crippen LogP contribution in [0.25, 0.3) is 0 Å². The van der Waals surface area contributed by atoms with Gasteiger partial charge in [-0.15, -0.1) is 0 Å². The highest BCUT2D eigenvalue weighted by molar-refractivity contribution is 9.10. The van der Waals surface area contributed by atoms with E-state index in [1.165, 1.54) is 0 Å². The number of ketones is 2. The number of hydrogen-bond acceptors (Lipinski definition) is 3. The molecule has 0 atom stereocenters. The number of halogens is 1. The molecule has 2 rings (SSSR count). The van der Waals surface area contributed by atoms with Crippen molar-refractivity contribution in [2.45, 2.75) is 25.0 Å². The minimum absolute atomic E-state index is 0.0385. The smallest absolute Gasteiger partial charge is 0.170 e. The molecule has 1 saturated carbocycles. The summed E-state index contributed by atoms with van der Waals surface area (Å²) in [6.07, 6.45) is 3.99. The first kappa shape index (κ1) is 13.8. The number of Topliss-reactive ketones (excluding diaryl/α,β-unsaturated/α-hetero) is 2. The topological polar surface area (TPSA) is 34.1 Å². The molecule has 0 aromatic heterocycles. The molecule has 0 unspecified atom stereocenters. The number of carbonyl (C=O) groups excluding carboxylic acids is 2. The van der Waals surface area contributed by atoms with Crippen LogP contribution < -0.4 is 0 Å². The third-order valence-electron chi connectivity index (χ3n) is 3.04. The number of hydrogen-bond donors (Lipinski definition) is 0. The number of benzene rings is 1. The Balaban J connectivity index is 2.14. The monoisotopic (exact) mass is 326 g/mol. The average Bonchev–Trinajstić information content (AvgIpc) is 3.13. The van der Waals surface area contributed by atoms with Gasteiger partial charge in [-0.25, -0.2) is 0 Å². The van der Waals surface area contributed by atoms with Gasteiger partial charge in [0.2, 0.25) is 0 Å². The highest BCUT2D eigenvalue weighted by Crippen LogP contribution is 2.31. The summed E-state index contributed by atoms with van der Waals surface area (Å²) in [5.41, 5.74) is 1.70. The molecule has 2 nitrogen and oxygen atoms in total. The molecule has 4 heteroatoms. The van der Waals surface area contributed by atoms with E-state index in [0.29, 0.717) is 5.56 Å². The maximum Gasteiger partial charge on any atom is 0.170 e. The van der Waals surface area contributed by atoms with Crippen LogP contribution in [0.5, 0.6) is 0 Å². The predicted octanol–water partition coefficient (Wildman–Crippen LogP) is 3.86. The fraction of sp³-hybridized carbons (Fsp3) is 0.429. The van der Waals surface area contributed by atoms with Gasteiger partial charge in [0.05, 0.1) is 6.42 Å². The predicted molar refractivity (Wildman–Crippen MR) is 78.0 cm³/mol. The van der Waals surface area contributed by atoms with Crippen molar-refractivity contribution in [2.24, 2.45) is 5.92 Å². The van der Waals surface area contributed by atoms with Gasteiger partial charge >= 0.3 is 0 Å². The molecule has 1 aliphatic carbocycles. The number of rotatable bonds is 6. The van der Waals surface area contributed by atoms with Crippen LogP contribution in [0.4, 0.5) is 0 Å². The molecule has 18 heavy (non-hydrogen) atoms. The van der Waals surface area contributed by atoms with E-state index in [1.807, 2.05) is 24.5 Å². The van der Waals surface area contributed by atoms with Gasteiger partial charge in [-0.2, -0.15) is 11.8 Å². The number of thioether (sulfide) groups is 1. The molecule has 0 spiro atoms. The standard InChI is InChI=1S/C14H15BrO2S/c1-18-8-10-6-11(15)4-5-12(10)14(17)7-13(16)9-2-3-9/h4-6,9H,2-3,7-8H2,1H3. The molecule has 0 radical (unpaired) electrons. The van der Waals surface area contributed by atoms with Crippen molar-refractivity contribution in [3.63, 3.8) is 0 Å². The van der Waals surface area contributed by atoms with E-state index in [1.54, 1.807) is 11.8 Å². The molecule has 0 saturated heterocycles. The van der Waals surface area contributed by atoms with Crippen LogP contribution >= 0.6 is 27.7 Å². The Labute approximate surface area is 120 Å². The SMILES string of the molecule is CSCc1cc(Br)ccc1C(=O)CC(=O)C1CC1. The lowest BCUT2D eigenvalue weighted by Gasteiger charge is -2.08. The summed E-state index contributed by atoms with van der Waals surface area (Å²) in [6, 6.07) is 5.64. The van der Waals surface area contributed by atoms with Gasteiger partial charge in [0.15, 0.2) is 5.78 Å². The Morgan fingerprint density at radius 3 is 2.72 bits per heavy atom. The van der Waals surface area contributed by atoms with Gasteiger partial charge in [-0.3, -0.25) is 9.59 Å². The van der Waals surface area contributed by atoms with Crippen molar-refractivity contribution >= 4 is 39.3 Å². The normalized spacial score (nSPS) is 14.6. The molecule has 1 aliphatic rings. The Kier molecular flexibility index (Phi) is 4.62. The molecule has 0 bridgehead atoms. The van der Waals surface area contributed by atoms with Crippen molar-refractivity contribution in [2.75, 3.05) is 6.26 Å². The molecule has 0 amide bonds. The molecule has 1 fully saturated rings. The van der Waals surface area contributed by atoms with Crippen LogP contribution in [0.2, 0.25) is 0 Å². The summed E-state index contributed by atoms with van der Waals surface area (Å²) >= 11 is 5.09. The van der Waals surface area contributed by atoms with E-state index in [9.17, 15) is 9.59 Å². The summed E-state index contributed by atoms with van der Waals surface area (Å²) < 4.78 is 0.969. The van der Waals surface area contributed by atoms with Crippen molar-refractivity contribution < 1.29 is 9.59 Å². The van der Waals surface area contributed by atoms with Crippen molar-refractivity contribution in [1.29, 1.82) is 0 Å². The fourth-order valence-corrected chi connectivity index (χ4v) is 2.87. The Hall–Kier alpha value is -0.610. The number of carbonyl (C=O) groups is 2. The van der Waals surface area contributed by atoms with Crippen molar-refractivity contribution in [1.82, 2.24) is 0 Å². The minimum atomic E-state index is -0.0385. The lowest BCUT2D eigenvalue weighted by atomic mass is 10.00. The minimum Gasteiger partial charge on any atom is -0.299 e. The second-order valence-corrected chi connectivity index (χ2v) is 6.36. The van der Waals surface area contributed by atoms with Crippen molar-refractivity contribution in [3.8, 4) is 0 Å². The van der Waals surface area contributed by atoms with Crippen LogP contribution in [0.15, 0.2) is 22.7 Å². The van der Waals surface area contributed by atoms with Crippen LogP contribution in [-0.2, 0) is 10.5 Å². The maximum absolute atomic E-state index is 12.1. The first-order valence-corrected chi connectivity index (χ1v) is 8.13. The van der Waals surface area contributed by atoms with E-state index in [-0.39, 0.29) is 23.9 Å². The maximum atomic E-state index is 12.1. The third-order valence-corrected chi connectivity index (χ3v) is 4.13. The van der Waals surface area contributed by atoms with Gasteiger partial charge in [-0.05, 0) is 42.9 Å². The van der Waals surface area contributed by atoms with Gasteiger partial charge in [0.25, 0.3) is 0 Å². The van der Waals surface area contributed by atoms with Crippen LogP contribution in [0.3, 0.4) is 0 Å². The summed E-state index contributed by atoms with van der Waals surface area (Å²) in [5.74, 6) is 1.02. The van der Waals surface area contributed by atoms with Crippen molar-refractivity contribution in [3.05, 3.63) is 33.8 Å². The van der Waals surface area contributed by atoms with Gasteiger partial charge in [-0.1, -0.05) is 15.9 Å². The summed E-state index contributed by atoms with van der Waals surface area (Å²) in [6.45, 7) is 0. The van der Waals surface area contributed by atoms with Crippen LogP contribution in [-0.4, -0.2) is 17.8 Å². The lowest BCUT2D eigenvalue weighted by molar-refractivity contribution is -0.119.